The number of benzene rings is 2. The quantitative estimate of drug-likeness (QED) is 0.691. The van der Waals surface area contributed by atoms with Crippen molar-refractivity contribution in [3.8, 4) is 0 Å². The van der Waals surface area contributed by atoms with Gasteiger partial charge in [-0.3, -0.25) is 0 Å². The van der Waals surface area contributed by atoms with E-state index in [0.717, 1.165) is 0 Å². The lowest BCUT2D eigenvalue weighted by molar-refractivity contribution is 0.448. The van der Waals surface area contributed by atoms with Crippen molar-refractivity contribution in [3.63, 3.8) is 0 Å². The highest BCUT2D eigenvalue weighted by molar-refractivity contribution is 5.45. The molecular formula is C18H20. The van der Waals surface area contributed by atoms with Crippen LogP contribution in [0.1, 0.15) is 48.8 Å². The molecule has 0 radical (unpaired) electrons. The molecular weight excluding hydrogens is 216 g/mol. The SMILES string of the molecule is CC[C@@H]1c2ccccc2[C@H](c2ccccc2)[C@@H]1C. The molecule has 0 saturated heterocycles. The molecule has 3 rings (SSSR count). The van der Waals surface area contributed by atoms with Crippen LogP contribution in [0.4, 0.5) is 0 Å². The molecule has 0 nitrogen and oxygen atoms in total. The fourth-order valence-corrected chi connectivity index (χ4v) is 3.67. The Morgan fingerprint density at radius 2 is 1.44 bits per heavy atom. The molecule has 0 bridgehead atoms. The lowest BCUT2D eigenvalue weighted by atomic mass is 9.83. The molecule has 0 heteroatoms. The Morgan fingerprint density at radius 3 is 2.11 bits per heavy atom. The largest absolute Gasteiger partial charge is 0.0648 e. The van der Waals surface area contributed by atoms with Crippen LogP contribution < -0.4 is 0 Å². The van der Waals surface area contributed by atoms with Crippen molar-refractivity contribution in [2.45, 2.75) is 32.1 Å². The second-order valence-electron chi connectivity index (χ2n) is 5.39. The van der Waals surface area contributed by atoms with E-state index in [1.165, 1.54) is 12.0 Å². The third kappa shape index (κ3) is 1.68. The van der Waals surface area contributed by atoms with E-state index in [2.05, 4.69) is 68.4 Å². The van der Waals surface area contributed by atoms with Crippen LogP contribution in [0.2, 0.25) is 0 Å². The molecule has 0 saturated carbocycles. The van der Waals surface area contributed by atoms with Gasteiger partial charge < -0.3 is 0 Å². The lowest BCUT2D eigenvalue weighted by Gasteiger charge is -2.21. The van der Waals surface area contributed by atoms with Gasteiger partial charge in [-0.05, 0) is 34.9 Å². The zero-order valence-electron chi connectivity index (χ0n) is 11.1. The van der Waals surface area contributed by atoms with Gasteiger partial charge in [0.25, 0.3) is 0 Å². The van der Waals surface area contributed by atoms with Crippen molar-refractivity contribution >= 4 is 0 Å². The first kappa shape index (κ1) is 11.5. The molecule has 92 valence electrons. The predicted molar refractivity (Wildman–Crippen MR) is 76.9 cm³/mol. The second-order valence-corrected chi connectivity index (χ2v) is 5.39. The Kier molecular flexibility index (Phi) is 2.95. The average Bonchev–Trinajstić information content (AvgIpc) is 2.71. The summed E-state index contributed by atoms with van der Waals surface area (Å²) in [6.45, 7) is 4.72. The number of rotatable bonds is 2. The van der Waals surface area contributed by atoms with Gasteiger partial charge in [0.2, 0.25) is 0 Å². The summed E-state index contributed by atoms with van der Waals surface area (Å²) in [6.07, 6.45) is 1.24. The molecule has 0 N–H and O–H groups in total. The van der Waals surface area contributed by atoms with E-state index < -0.39 is 0 Å². The van der Waals surface area contributed by atoms with Gasteiger partial charge >= 0.3 is 0 Å². The van der Waals surface area contributed by atoms with Gasteiger partial charge in [-0.15, -0.1) is 0 Å². The average molecular weight is 236 g/mol. The summed E-state index contributed by atoms with van der Waals surface area (Å²) in [4.78, 5) is 0. The highest BCUT2D eigenvalue weighted by Gasteiger charge is 2.36. The molecule has 0 aliphatic heterocycles. The van der Waals surface area contributed by atoms with Gasteiger partial charge in [-0.1, -0.05) is 68.4 Å². The van der Waals surface area contributed by atoms with Crippen LogP contribution in [-0.4, -0.2) is 0 Å². The normalized spacial score (nSPS) is 26.0. The summed E-state index contributed by atoms with van der Waals surface area (Å²) in [5, 5.41) is 0. The molecule has 0 unspecified atom stereocenters. The summed E-state index contributed by atoms with van der Waals surface area (Å²) >= 11 is 0. The maximum atomic E-state index is 2.41. The topological polar surface area (TPSA) is 0 Å². The molecule has 18 heavy (non-hydrogen) atoms. The maximum Gasteiger partial charge on any atom is 0.0124 e. The monoisotopic (exact) mass is 236 g/mol. The van der Waals surface area contributed by atoms with Crippen LogP contribution in [-0.2, 0) is 0 Å². The van der Waals surface area contributed by atoms with Gasteiger partial charge in [-0.25, -0.2) is 0 Å². The molecule has 1 aliphatic carbocycles. The molecule has 0 spiro atoms. The van der Waals surface area contributed by atoms with E-state index in [4.69, 9.17) is 0 Å². The zero-order valence-corrected chi connectivity index (χ0v) is 11.1. The fourth-order valence-electron chi connectivity index (χ4n) is 3.67. The molecule has 2 aromatic carbocycles. The Morgan fingerprint density at radius 1 is 0.833 bits per heavy atom. The van der Waals surface area contributed by atoms with Crippen molar-refractivity contribution in [1.29, 1.82) is 0 Å². The van der Waals surface area contributed by atoms with Crippen LogP contribution in [0.15, 0.2) is 54.6 Å². The number of hydrogen-bond acceptors (Lipinski definition) is 0. The van der Waals surface area contributed by atoms with E-state index in [1.54, 1.807) is 11.1 Å². The van der Waals surface area contributed by atoms with E-state index in [0.29, 0.717) is 17.8 Å². The smallest absolute Gasteiger partial charge is 0.0124 e. The van der Waals surface area contributed by atoms with Gasteiger partial charge in [0, 0.05) is 5.92 Å². The minimum Gasteiger partial charge on any atom is -0.0648 e. The first-order valence-electron chi connectivity index (χ1n) is 6.96. The Labute approximate surface area is 110 Å². The first-order chi connectivity index (χ1) is 8.83. The third-order valence-corrected chi connectivity index (χ3v) is 4.49. The summed E-state index contributed by atoms with van der Waals surface area (Å²) < 4.78 is 0. The van der Waals surface area contributed by atoms with E-state index in [-0.39, 0.29) is 0 Å². The van der Waals surface area contributed by atoms with E-state index in [9.17, 15) is 0 Å². The van der Waals surface area contributed by atoms with Gasteiger partial charge in [0.1, 0.15) is 0 Å². The Bertz CT molecular complexity index is 527. The lowest BCUT2D eigenvalue weighted by Crippen LogP contribution is -2.09. The summed E-state index contributed by atoms with van der Waals surface area (Å²) in [6, 6.07) is 20.0. The summed E-state index contributed by atoms with van der Waals surface area (Å²) in [5.74, 6) is 1.99. The van der Waals surface area contributed by atoms with Gasteiger partial charge in [0.05, 0.1) is 0 Å². The van der Waals surface area contributed by atoms with E-state index in [1.807, 2.05) is 0 Å². The summed E-state index contributed by atoms with van der Waals surface area (Å²) in [7, 11) is 0. The van der Waals surface area contributed by atoms with Gasteiger partial charge in [-0.2, -0.15) is 0 Å². The zero-order chi connectivity index (χ0) is 12.5. The third-order valence-electron chi connectivity index (χ3n) is 4.49. The van der Waals surface area contributed by atoms with Crippen LogP contribution >= 0.6 is 0 Å². The van der Waals surface area contributed by atoms with Crippen molar-refractivity contribution in [2.24, 2.45) is 5.92 Å². The standard InChI is InChI=1S/C18H20/c1-3-15-13(2)18(14-9-5-4-6-10-14)17-12-8-7-11-16(15)17/h4-13,15,18H,3H2,1-2H3/t13-,15+,18+/m1/s1. The number of hydrogen-bond donors (Lipinski definition) is 0. The van der Waals surface area contributed by atoms with Crippen LogP contribution in [0, 0.1) is 5.92 Å². The first-order valence-corrected chi connectivity index (χ1v) is 6.96. The predicted octanol–water partition coefficient (Wildman–Crippen LogP) is 4.96. The molecule has 0 fully saturated rings. The van der Waals surface area contributed by atoms with E-state index >= 15 is 0 Å². The van der Waals surface area contributed by atoms with Crippen molar-refractivity contribution < 1.29 is 0 Å². The highest BCUT2D eigenvalue weighted by atomic mass is 14.4. The Hall–Kier alpha value is -1.56. The molecule has 3 atom stereocenters. The highest BCUT2D eigenvalue weighted by Crippen LogP contribution is 2.50. The number of fused-ring (bicyclic) bond motifs is 1. The minimum absolute atomic E-state index is 0.576. The van der Waals surface area contributed by atoms with Crippen molar-refractivity contribution in [1.82, 2.24) is 0 Å². The fraction of sp³-hybridized carbons (Fsp3) is 0.333. The van der Waals surface area contributed by atoms with Gasteiger partial charge in [0.15, 0.2) is 0 Å². The summed E-state index contributed by atoms with van der Waals surface area (Å²) in [5.41, 5.74) is 4.58. The van der Waals surface area contributed by atoms with Crippen LogP contribution in [0.5, 0.6) is 0 Å². The maximum absolute atomic E-state index is 2.41. The molecule has 0 heterocycles. The molecule has 2 aromatic rings. The second kappa shape index (κ2) is 4.61. The molecule has 0 aromatic heterocycles. The van der Waals surface area contributed by atoms with Crippen LogP contribution in [0.3, 0.4) is 0 Å². The molecule has 1 aliphatic rings. The van der Waals surface area contributed by atoms with Crippen LogP contribution in [0.25, 0.3) is 0 Å². The Balaban J connectivity index is 2.11. The van der Waals surface area contributed by atoms with Crippen molar-refractivity contribution in [3.05, 3.63) is 71.3 Å². The minimum atomic E-state index is 0.576. The molecule has 0 amide bonds. The van der Waals surface area contributed by atoms with Crippen molar-refractivity contribution in [2.75, 3.05) is 0 Å².